The zero-order valence-electron chi connectivity index (χ0n) is 20.5. The molecular formula is C28H30IN5O2. The van der Waals surface area contributed by atoms with E-state index in [4.69, 9.17) is 9.72 Å². The minimum Gasteiger partial charge on any atom is -0.378 e. The van der Waals surface area contributed by atoms with Crippen molar-refractivity contribution >= 4 is 55.0 Å². The second kappa shape index (κ2) is 11.5. The van der Waals surface area contributed by atoms with Crippen LogP contribution in [0.5, 0.6) is 0 Å². The van der Waals surface area contributed by atoms with E-state index in [1.54, 1.807) is 13.3 Å². The molecule has 4 heterocycles. The van der Waals surface area contributed by atoms with Crippen molar-refractivity contribution in [2.24, 2.45) is 4.99 Å². The zero-order valence-corrected chi connectivity index (χ0v) is 22.6. The number of piperidine rings is 1. The molecule has 0 atom stereocenters. The number of allylic oxidation sites excluding steroid dienone is 1. The summed E-state index contributed by atoms with van der Waals surface area (Å²) in [5, 5.41) is 1.03. The van der Waals surface area contributed by atoms with E-state index in [1.807, 2.05) is 35.4 Å². The van der Waals surface area contributed by atoms with Gasteiger partial charge in [-0.25, -0.2) is 4.98 Å². The molecule has 36 heavy (non-hydrogen) atoms. The van der Waals surface area contributed by atoms with Gasteiger partial charge in [-0.1, -0.05) is 12.1 Å². The van der Waals surface area contributed by atoms with Crippen LogP contribution in [-0.2, 0) is 4.74 Å². The van der Waals surface area contributed by atoms with Crippen LogP contribution in [0.2, 0.25) is 0 Å². The summed E-state index contributed by atoms with van der Waals surface area (Å²) in [5.74, 6) is 1.04. The summed E-state index contributed by atoms with van der Waals surface area (Å²) in [4.78, 5) is 31.1. The van der Waals surface area contributed by atoms with Gasteiger partial charge < -0.3 is 14.5 Å². The molecular weight excluding hydrogens is 565 g/mol. The van der Waals surface area contributed by atoms with Crippen LogP contribution in [0.1, 0.15) is 35.3 Å². The van der Waals surface area contributed by atoms with Crippen molar-refractivity contribution in [3.8, 4) is 11.1 Å². The molecule has 1 aromatic carbocycles. The van der Waals surface area contributed by atoms with Gasteiger partial charge in [0.15, 0.2) is 0 Å². The fourth-order valence-electron chi connectivity index (χ4n) is 4.80. The van der Waals surface area contributed by atoms with E-state index in [0.29, 0.717) is 13.2 Å². The maximum Gasteiger partial charge on any atom is 0.253 e. The number of nitrogens with zero attached hydrogens (tertiary/aromatic N) is 5. The van der Waals surface area contributed by atoms with Crippen LogP contribution in [0.15, 0.2) is 53.7 Å². The molecule has 2 aromatic heterocycles. The molecule has 5 rings (SSSR count). The molecule has 2 aliphatic heterocycles. The van der Waals surface area contributed by atoms with Crippen molar-refractivity contribution in [1.82, 2.24) is 14.9 Å². The van der Waals surface area contributed by atoms with Crippen molar-refractivity contribution in [3.63, 3.8) is 0 Å². The number of fused-ring (bicyclic) bond motifs is 1. The lowest BCUT2D eigenvalue weighted by molar-refractivity contribution is 0.0724. The Bertz CT molecular complexity index is 1290. The number of carbonyl (C=O) groups is 1. The second-order valence-corrected chi connectivity index (χ2v) is 10.2. The number of halogens is 1. The van der Waals surface area contributed by atoms with Gasteiger partial charge in [0.25, 0.3) is 5.91 Å². The smallest absolute Gasteiger partial charge is 0.253 e. The topological polar surface area (TPSA) is 70.9 Å². The number of likely N-dealkylation sites (tertiary alicyclic amines) is 1. The first-order valence-corrected chi connectivity index (χ1v) is 13.5. The summed E-state index contributed by atoms with van der Waals surface area (Å²) in [6.45, 7) is 4.67. The summed E-state index contributed by atoms with van der Waals surface area (Å²) in [5.41, 5.74) is 4.57. The van der Waals surface area contributed by atoms with Crippen LogP contribution in [0.4, 0.5) is 5.82 Å². The van der Waals surface area contributed by atoms with Crippen molar-refractivity contribution in [1.29, 1.82) is 0 Å². The van der Waals surface area contributed by atoms with Crippen LogP contribution in [-0.4, -0.2) is 73.4 Å². The normalized spacial score (nSPS) is 17.2. The lowest BCUT2D eigenvalue weighted by Crippen LogP contribution is -2.36. The van der Waals surface area contributed by atoms with Gasteiger partial charge in [0, 0.05) is 60.2 Å². The Morgan fingerprint density at radius 2 is 1.81 bits per heavy atom. The van der Waals surface area contributed by atoms with Crippen LogP contribution < -0.4 is 4.90 Å². The first kappa shape index (κ1) is 24.8. The van der Waals surface area contributed by atoms with E-state index >= 15 is 0 Å². The first-order chi connectivity index (χ1) is 17.7. The maximum atomic E-state index is 13.0. The first-order valence-electron chi connectivity index (χ1n) is 12.5. The second-order valence-electron chi connectivity index (χ2n) is 9.04. The third-order valence-electron chi connectivity index (χ3n) is 6.73. The monoisotopic (exact) mass is 595 g/mol. The number of ether oxygens (including phenoxy) is 1. The number of benzene rings is 1. The van der Waals surface area contributed by atoms with Crippen molar-refractivity contribution in [2.45, 2.75) is 19.3 Å². The van der Waals surface area contributed by atoms with Crippen LogP contribution in [0.3, 0.4) is 0 Å². The average molecular weight is 595 g/mol. The fourth-order valence-corrected chi connectivity index (χ4v) is 5.35. The third kappa shape index (κ3) is 5.29. The molecule has 0 radical (unpaired) electrons. The van der Waals surface area contributed by atoms with Gasteiger partial charge in [-0.15, -0.1) is 0 Å². The number of carbonyl (C=O) groups excluding carboxylic acids is 1. The van der Waals surface area contributed by atoms with Crippen LogP contribution in [0, 0.1) is 0 Å². The van der Waals surface area contributed by atoms with Crippen molar-refractivity contribution < 1.29 is 9.53 Å². The number of amides is 1. The Hall–Kier alpha value is -2.85. The largest absolute Gasteiger partial charge is 0.378 e. The molecule has 7 nitrogen and oxygen atoms in total. The highest BCUT2D eigenvalue weighted by Gasteiger charge is 2.20. The molecule has 0 spiro atoms. The maximum absolute atomic E-state index is 13.0. The number of pyridine rings is 2. The Morgan fingerprint density at radius 1 is 1.06 bits per heavy atom. The molecule has 186 valence electrons. The van der Waals surface area contributed by atoms with E-state index in [1.165, 1.54) is 6.42 Å². The predicted molar refractivity (Wildman–Crippen MR) is 154 cm³/mol. The molecule has 0 N–H and O–H groups in total. The van der Waals surface area contributed by atoms with E-state index in [-0.39, 0.29) is 5.91 Å². The highest BCUT2D eigenvalue weighted by Crippen LogP contribution is 2.35. The summed E-state index contributed by atoms with van der Waals surface area (Å²) in [7, 11) is 1.75. The lowest BCUT2D eigenvalue weighted by atomic mass is 9.99. The number of anilines is 1. The zero-order chi connectivity index (χ0) is 24.9. The Balaban J connectivity index is 1.59. The summed E-state index contributed by atoms with van der Waals surface area (Å²) in [6, 6.07) is 12.2. The molecule has 3 aromatic rings. The van der Waals surface area contributed by atoms with Gasteiger partial charge in [-0.05, 0) is 83.3 Å². The van der Waals surface area contributed by atoms with Crippen molar-refractivity contribution in [2.75, 3.05) is 51.3 Å². The fraction of sp³-hybridized carbons (Fsp3) is 0.357. The van der Waals surface area contributed by atoms with E-state index < -0.39 is 0 Å². The van der Waals surface area contributed by atoms with Crippen molar-refractivity contribution in [3.05, 3.63) is 59.9 Å². The Kier molecular flexibility index (Phi) is 7.91. The van der Waals surface area contributed by atoms with Gasteiger partial charge in [0.2, 0.25) is 0 Å². The van der Waals surface area contributed by atoms with Crippen LogP contribution >= 0.6 is 22.6 Å². The highest BCUT2D eigenvalue weighted by molar-refractivity contribution is 14.1. The molecule has 2 fully saturated rings. The van der Waals surface area contributed by atoms with Gasteiger partial charge >= 0.3 is 0 Å². The minimum absolute atomic E-state index is 0.124. The standard InChI is InChI=1S/C28H30IN5O2/c1-30-11-10-24(29)27-26-22(9-12-31-27)23(19-25(32-26)33-15-17-36-18-16-33)20-5-7-21(8-6-20)28(35)34-13-3-2-4-14-34/h5-12,19H,2-4,13-18H2,1H3/b24-10-,30-11-. The summed E-state index contributed by atoms with van der Waals surface area (Å²) < 4.78 is 6.55. The van der Waals surface area contributed by atoms with E-state index in [0.717, 1.165) is 81.7 Å². The molecule has 2 aliphatic rings. The molecule has 0 bridgehead atoms. The van der Waals surface area contributed by atoms with Gasteiger partial charge in [0.05, 0.1) is 13.2 Å². The Labute approximate surface area is 225 Å². The number of morpholine rings is 1. The average Bonchev–Trinajstić information content (AvgIpc) is 2.95. The summed E-state index contributed by atoms with van der Waals surface area (Å²) in [6.07, 6.45) is 8.94. The molecule has 0 aliphatic carbocycles. The number of hydrogen-bond acceptors (Lipinski definition) is 6. The third-order valence-corrected chi connectivity index (χ3v) is 7.60. The predicted octanol–water partition coefficient (Wildman–Crippen LogP) is 5.24. The Morgan fingerprint density at radius 3 is 2.53 bits per heavy atom. The van der Waals surface area contributed by atoms with Gasteiger partial charge in [-0.3, -0.25) is 14.8 Å². The number of aliphatic imine (C=N–C) groups is 1. The number of aromatic nitrogens is 2. The molecule has 0 saturated carbocycles. The summed E-state index contributed by atoms with van der Waals surface area (Å²) >= 11 is 2.30. The van der Waals surface area contributed by atoms with Gasteiger partial charge in [0.1, 0.15) is 17.0 Å². The SMILES string of the molecule is C/N=C\C=C(/I)c1nccc2c(-c3ccc(C(=O)N4CCCCC4)cc3)cc(N3CCOCC3)nc12. The minimum atomic E-state index is 0.124. The highest BCUT2D eigenvalue weighted by atomic mass is 127. The molecule has 1 amide bonds. The van der Waals surface area contributed by atoms with E-state index in [2.05, 4.69) is 55.7 Å². The van der Waals surface area contributed by atoms with E-state index in [9.17, 15) is 4.79 Å². The quantitative estimate of drug-likeness (QED) is 0.298. The molecule has 0 unspecified atom stereocenters. The van der Waals surface area contributed by atoms with Crippen LogP contribution in [0.25, 0.3) is 25.6 Å². The molecule has 2 saturated heterocycles. The molecule has 8 heteroatoms. The van der Waals surface area contributed by atoms with Gasteiger partial charge in [-0.2, -0.15) is 0 Å². The number of rotatable bonds is 5. The lowest BCUT2D eigenvalue weighted by Gasteiger charge is -2.28. The number of hydrogen-bond donors (Lipinski definition) is 0.